The average molecular weight is 441 g/mol. The van der Waals surface area contributed by atoms with E-state index < -0.39 is 0 Å². The lowest BCUT2D eigenvalue weighted by molar-refractivity contribution is 0.0955. The van der Waals surface area contributed by atoms with Crippen LogP contribution in [0, 0.1) is 0 Å². The summed E-state index contributed by atoms with van der Waals surface area (Å²) in [5, 5.41) is 8.61. The molecule has 1 amide bonds. The molecule has 1 aromatic carbocycles. The van der Waals surface area contributed by atoms with Crippen LogP contribution in [0.4, 0.5) is 0 Å². The highest BCUT2D eigenvalue weighted by Gasteiger charge is 2.22. The van der Waals surface area contributed by atoms with Crippen LogP contribution in [0.5, 0.6) is 0 Å². The van der Waals surface area contributed by atoms with Gasteiger partial charge in [-0.15, -0.1) is 11.3 Å². The fourth-order valence-corrected chi connectivity index (χ4v) is 5.59. The van der Waals surface area contributed by atoms with Crippen molar-refractivity contribution >= 4 is 51.4 Å². The molecule has 146 valence electrons. The summed E-state index contributed by atoms with van der Waals surface area (Å²) in [6, 6.07) is 9.42. The summed E-state index contributed by atoms with van der Waals surface area (Å²) >= 11 is 9.29. The molecule has 5 rings (SSSR count). The topological polar surface area (TPSA) is 58.8 Å². The molecule has 1 N–H and O–H groups in total. The quantitative estimate of drug-likeness (QED) is 0.340. The Balaban J connectivity index is 1.57. The molecule has 0 bridgehead atoms. The molecule has 0 fully saturated rings. The molecule has 1 aliphatic rings. The first-order chi connectivity index (χ1) is 14.2. The predicted molar refractivity (Wildman–Crippen MR) is 120 cm³/mol. The van der Waals surface area contributed by atoms with Gasteiger partial charge in [0.1, 0.15) is 0 Å². The number of thiophene rings is 1. The summed E-state index contributed by atoms with van der Waals surface area (Å²) in [6.07, 6.45) is 6.24. The van der Waals surface area contributed by atoms with Gasteiger partial charge in [0.2, 0.25) is 0 Å². The Bertz CT molecular complexity index is 1210. The van der Waals surface area contributed by atoms with E-state index in [4.69, 9.17) is 16.6 Å². The zero-order valence-corrected chi connectivity index (χ0v) is 17.8. The molecular formula is C21H17ClN4OS2. The highest BCUT2D eigenvalue weighted by Crippen LogP contribution is 2.34. The highest BCUT2D eigenvalue weighted by atomic mass is 35.5. The van der Waals surface area contributed by atoms with E-state index in [2.05, 4.69) is 14.9 Å². The monoisotopic (exact) mass is 440 g/mol. The molecule has 4 aromatic rings. The van der Waals surface area contributed by atoms with Crippen molar-refractivity contribution in [3.63, 3.8) is 0 Å². The first-order valence-electron chi connectivity index (χ1n) is 9.35. The van der Waals surface area contributed by atoms with E-state index in [0.29, 0.717) is 10.6 Å². The van der Waals surface area contributed by atoms with Crippen LogP contribution < -0.4 is 5.43 Å². The number of imidazole rings is 1. The van der Waals surface area contributed by atoms with Gasteiger partial charge >= 0.3 is 0 Å². The van der Waals surface area contributed by atoms with E-state index in [9.17, 15) is 4.79 Å². The first kappa shape index (κ1) is 18.5. The molecule has 8 heteroatoms. The number of hydrazone groups is 1. The van der Waals surface area contributed by atoms with Gasteiger partial charge < -0.3 is 0 Å². The third-order valence-corrected chi connectivity index (χ3v) is 7.09. The maximum atomic E-state index is 12.2. The van der Waals surface area contributed by atoms with Gasteiger partial charge in [0, 0.05) is 26.5 Å². The molecule has 5 nitrogen and oxygen atoms in total. The van der Waals surface area contributed by atoms with Gasteiger partial charge in [-0.05, 0) is 49.3 Å². The predicted octanol–water partition coefficient (Wildman–Crippen LogP) is 5.42. The van der Waals surface area contributed by atoms with Crippen LogP contribution in [0.15, 0.2) is 46.2 Å². The number of amides is 1. The fourth-order valence-electron chi connectivity index (χ4n) is 3.61. The largest absolute Gasteiger partial charge is 0.285 e. The van der Waals surface area contributed by atoms with Crippen molar-refractivity contribution in [3.8, 4) is 11.3 Å². The number of nitrogens with zero attached hydrogens (tertiary/aromatic N) is 3. The summed E-state index contributed by atoms with van der Waals surface area (Å²) in [6.45, 7) is 0. The number of hydrogen-bond donors (Lipinski definition) is 1. The first-order valence-corrected chi connectivity index (χ1v) is 11.5. The number of nitrogens with one attached hydrogen (secondary N) is 1. The summed E-state index contributed by atoms with van der Waals surface area (Å²) in [4.78, 5) is 19.5. The summed E-state index contributed by atoms with van der Waals surface area (Å²) in [5.74, 6) is -0.219. The molecule has 3 aromatic heterocycles. The molecule has 0 radical (unpaired) electrons. The van der Waals surface area contributed by atoms with Gasteiger partial charge in [-0.3, -0.25) is 9.20 Å². The number of halogens is 1. The zero-order valence-electron chi connectivity index (χ0n) is 15.4. The smallest absolute Gasteiger partial charge is 0.272 e. The Labute approximate surface area is 180 Å². The minimum absolute atomic E-state index is 0.219. The van der Waals surface area contributed by atoms with Gasteiger partial charge in [0.15, 0.2) is 4.96 Å². The minimum Gasteiger partial charge on any atom is -0.285 e. The maximum Gasteiger partial charge on any atom is 0.272 e. The number of carbonyl (C=O) groups is 1. The number of aromatic nitrogens is 2. The van der Waals surface area contributed by atoms with Crippen LogP contribution in [0.1, 0.15) is 39.5 Å². The molecule has 1 aliphatic carbocycles. The number of thiazole rings is 1. The third-order valence-electron chi connectivity index (χ3n) is 5.01. The van der Waals surface area contributed by atoms with Crippen molar-refractivity contribution in [1.82, 2.24) is 14.8 Å². The van der Waals surface area contributed by atoms with Crippen LogP contribution in [0.25, 0.3) is 16.2 Å². The van der Waals surface area contributed by atoms with Gasteiger partial charge in [0.25, 0.3) is 5.91 Å². The molecule has 0 unspecified atom stereocenters. The van der Waals surface area contributed by atoms with Gasteiger partial charge in [-0.1, -0.05) is 23.7 Å². The normalized spacial score (nSPS) is 13.8. The lowest BCUT2D eigenvalue weighted by Crippen LogP contribution is -2.17. The van der Waals surface area contributed by atoms with Crippen LogP contribution in [-0.4, -0.2) is 21.5 Å². The van der Waals surface area contributed by atoms with Crippen LogP contribution >= 0.6 is 34.3 Å². The van der Waals surface area contributed by atoms with Crippen LogP contribution in [0.3, 0.4) is 0 Å². The van der Waals surface area contributed by atoms with Gasteiger partial charge in [0.05, 0.1) is 23.2 Å². The highest BCUT2D eigenvalue weighted by molar-refractivity contribution is 7.17. The molecular weight excluding hydrogens is 424 g/mol. The standard InChI is InChI=1S/C21H17ClN4OS2/c22-15-7-5-13(6-8-15)19-17(11-23-25-20(27)14-9-10-28-12-14)26-16-3-1-2-4-18(16)29-21(26)24-19/h5-12H,1-4H2,(H,25,27)/b23-11+. The van der Waals surface area contributed by atoms with E-state index in [1.165, 1.54) is 34.7 Å². The van der Waals surface area contributed by atoms with Crippen molar-refractivity contribution in [2.75, 3.05) is 0 Å². The summed E-state index contributed by atoms with van der Waals surface area (Å²) in [7, 11) is 0. The van der Waals surface area contributed by atoms with E-state index >= 15 is 0 Å². The number of fused-ring (bicyclic) bond motifs is 3. The number of hydrogen-bond acceptors (Lipinski definition) is 5. The van der Waals surface area contributed by atoms with E-state index in [-0.39, 0.29) is 5.91 Å². The van der Waals surface area contributed by atoms with E-state index in [1.54, 1.807) is 29.0 Å². The van der Waals surface area contributed by atoms with Crippen LogP contribution in [0.2, 0.25) is 5.02 Å². The lowest BCUT2D eigenvalue weighted by Gasteiger charge is -2.11. The van der Waals surface area contributed by atoms with Crippen molar-refractivity contribution in [2.45, 2.75) is 25.7 Å². The number of carbonyl (C=O) groups excluding carboxylic acids is 1. The van der Waals surface area contributed by atoms with E-state index in [1.807, 2.05) is 29.6 Å². The minimum atomic E-state index is -0.219. The molecule has 0 atom stereocenters. The number of aryl methyl sites for hydroxylation is 2. The Morgan fingerprint density at radius 3 is 2.83 bits per heavy atom. The molecule has 3 heterocycles. The Hall–Kier alpha value is -2.48. The Morgan fingerprint density at radius 2 is 2.03 bits per heavy atom. The second kappa shape index (κ2) is 7.74. The molecule has 0 spiro atoms. The van der Waals surface area contributed by atoms with Crippen molar-refractivity contribution in [3.05, 3.63) is 67.9 Å². The van der Waals surface area contributed by atoms with Gasteiger partial charge in [-0.2, -0.15) is 16.4 Å². The number of benzene rings is 1. The summed E-state index contributed by atoms with van der Waals surface area (Å²) in [5.41, 5.74) is 7.25. The van der Waals surface area contributed by atoms with Crippen LogP contribution in [-0.2, 0) is 12.8 Å². The van der Waals surface area contributed by atoms with Gasteiger partial charge in [-0.25, -0.2) is 10.4 Å². The van der Waals surface area contributed by atoms with Crippen molar-refractivity contribution < 1.29 is 4.79 Å². The Kier molecular flexibility index (Phi) is 4.95. The molecule has 29 heavy (non-hydrogen) atoms. The Morgan fingerprint density at radius 1 is 1.21 bits per heavy atom. The molecule has 0 saturated heterocycles. The number of rotatable bonds is 4. The summed E-state index contributed by atoms with van der Waals surface area (Å²) < 4.78 is 2.20. The third kappa shape index (κ3) is 3.50. The second-order valence-corrected chi connectivity index (χ2v) is 9.14. The fraction of sp³-hybridized carbons (Fsp3) is 0.190. The van der Waals surface area contributed by atoms with Crippen molar-refractivity contribution in [2.24, 2.45) is 5.10 Å². The lowest BCUT2D eigenvalue weighted by atomic mass is 10.0. The average Bonchev–Trinajstić information content (AvgIpc) is 3.45. The zero-order chi connectivity index (χ0) is 19.8. The second-order valence-electron chi connectivity index (χ2n) is 6.86. The molecule has 0 saturated carbocycles. The maximum absolute atomic E-state index is 12.2. The SMILES string of the molecule is O=C(N/N=C/c1c(-c2ccc(Cl)cc2)nc2sc3c(n12)CCCC3)c1ccsc1. The molecule has 0 aliphatic heterocycles. The van der Waals surface area contributed by atoms with E-state index in [0.717, 1.165) is 34.8 Å². The van der Waals surface area contributed by atoms with Crippen molar-refractivity contribution in [1.29, 1.82) is 0 Å².